The van der Waals surface area contributed by atoms with Crippen LogP contribution in [0, 0.1) is 5.41 Å². The van der Waals surface area contributed by atoms with Crippen LogP contribution in [-0.4, -0.2) is 49.8 Å². The van der Waals surface area contributed by atoms with Gasteiger partial charge in [-0.1, -0.05) is 13.8 Å². The highest BCUT2D eigenvalue weighted by Crippen LogP contribution is 2.43. The Morgan fingerprint density at radius 3 is 2.47 bits per heavy atom. The fraction of sp³-hybridized carbons (Fsp3) is 1.00. The van der Waals surface area contributed by atoms with Crippen molar-refractivity contribution in [2.24, 2.45) is 5.41 Å². The van der Waals surface area contributed by atoms with Crippen molar-refractivity contribution in [2.75, 3.05) is 26.7 Å². The first-order valence-electron chi connectivity index (χ1n) is 7.10. The average Bonchev–Trinajstić information content (AvgIpc) is 2.30. The second kappa shape index (κ2) is 5.25. The first-order chi connectivity index (χ1) is 8.04. The molecule has 1 saturated carbocycles. The molecule has 3 nitrogen and oxygen atoms in total. The summed E-state index contributed by atoms with van der Waals surface area (Å²) in [6, 6.07) is 1.37. The van der Waals surface area contributed by atoms with Gasteiger partial charge >= 0.3 is 0 Å². The summed E-state index contributed by atoms with van der Waals surface area (Å²) in [5.41, 5.74) is 0.305. The Bertz CT molecular complexity index is 247. The Kier molecular flexibility index (Phi) is 4.11. The van der Waals surface area contributed by atoms with E-state index in [-0.39, 0.29) is 0 Å². The first kappa shape index (κ1) is 13.3. The molecule has 1 aliphatic heterocycles. The smallest absolute Gasteiger partial charge is 0.0655 e. The molecule has 3 heteroatoms. The molecule has 2 fully saturated rings. The first-order valence-corrected chi connectivity index (χ1v) is 7.10. The van der Waals surface area contributed by atoms with Gasteiger partial charge in [-0.25, -0.2) is 0 Å². The highest BCUT2D eigenvalue weighted by Gasteiger charge is 2.49. The number of hydrogen-bond acceptors (Lipinski definition) is 3. The predicted molar refractivity (Wildman–Crippen MR) is 71.3 cm³/mol. The fourth-order valence-electron chi connectivity index (χ4n) is 3.11. The monoisotopic (exact) mass is 240 g/mol. The summed E-state index contributed by atoms with van der Waals surface area (Å²) in [5.74, 6) is 0. The molecule has 0 radical (unpaired) electrons. The third-order valence-electron chi connectivity index (χ3n) is 4.70. The van der Waals surface area contributed by atoms with Crippen molar-refractivity contribution in [2.45, 2.75) is 58.2 Å². The zero-order valence-corrected chi connectivity index (χ0v) is 11.8. The number of likely N-dealkylation sites (tertiary alicyclic amines) is 1. The molecule has 1 saturated heterocycles. The summed E-state index contributed by atoms with van der Waals surface area (Å²) in [6.45, 7) is 10.1. The predicted octanol–water partition coefficient (Wildman–Crippen LogP) is 1.87. The van der Waals surface area contributed by atoms with E-state index in [1.54, 1.807) is 0 Å². The summed E-state index contributed by atoms with van der Waals surface area (Å²) < 4.78 is 5.78. The summed E-state index contributed by atoms with van der Waals surface area (Å²) in [4.78, 5) is 2.42. The van der Waals surface area contributed by atoms with Crippen molar-refractivity contribution in [1.82, 2.24) is 10.2 Å². The molecule has 0 spiro atoms. The number of hydrogen-bond donors (Lipinski definition) is 1. The van der Waals surface area contributed by atoms with E-state index in [0.29, 0.717) is 17.6 Å². The zero-order valence-electron chi connectivity index (χ0n) is 11.8. The number of nitrogens with zero attached hydrogens (tertiary/aromatic N) is 1. The maximum Gasteiger partial charge on any atom is 0.0655 e. The van der Waals surface area contributed by atoms with E-state index < -0.39 is 0 Å². The van der Waals surface area contributed by atoms with Crippen molar-refractivity contribution < 1.29 is 4.74 Å². The molecule has 0 amide bonds. The van der Waals surface area contributed by atoms with Gasteiger partial charge in [0.1, 0.15) is 0 Å². The molecule has 2 unspecified atom stereocenters. The van der Waals surface area contributed by atoms with Crippen molar-refractivity contribution in [3.8, 4) is 0 Å². The minimum Gasteiger partial charge on any atom is -0.378 e. The van der Waals surface area contributed by atoms with E-state index in [9.17, 15) is 0 Å². The standard InChI is InChI=1S/C14H28N2O/c1-5-17-13-10-12(14(13,2)3)15-11-6-8-16(4)9-7-11/h11-13,15H,5-10H2,1-4H3. The normalized spacial score (nSPS) is 34.6. The van der Waals surface area contributed by atoms with E-state index in [0.717, 1.165) is 12.6 Å². The molecule has 2 rings (SSSR count). The average molecular weight is 240 g/mol. The van der Waals surface area contributed by atoms with Crippen molar-refractivity contribution in [1.29, 1.82) is 0 Å². The second-order valence-corrected chi connectivity index (χ2v) is 6.30. The molecule has 0 aromatic carbocycles. The van der Waals surface area contributed by atoms with Gasteiger partial charge in [-0.3, -0.25) is 0 Å². The SMILES string of the molecule is CCOC1CC(NC2CCN(C)CC2)C1(C)C. The van der Waals surface area contributed by atoms with E-state index in [2.05, 4.69) is 38.0 Å². The van der Waals surface area contributed by atoms with Gasteiger partial charge in [0.15, 0.2) is 0 Å². The third kappa shape index (κ3) is 2.83. The van der Waals surface area contributed by atoms with Gasteiger partial charge in [-0.15, -0.1) is 0 Å². The maximum absolute atomic E-state index is 5.78. The highest BCUT2D eigenvalue weighted by atomic mass is 16.5. The van der Waals surface area contributed by atoms with E-state index in [1.165, 1.54) is 32.4 Å². The molecule has 0 bridgehead atoms. The summed E-state index contributed by atoms with van der Waals surface area (Å²) in [6.07, 6.45) is 4.23. The minimum absolute atomic E-state index is 0.305. The van der Waals surface area contributed by atoms with Crippen LogP contribution in [0.5, 0.6) is 0 Å². The third-order valence-corrected chi connectivity index (χ3v) is 4.70. The quantitative estimate of drug-likeness (QED) is 0.812. The van der Waals surface area contributed by atoms with Gasteiger partial charge < -0.3 is 15.0 Å². The molecule has 1 aliphatic carbocycles. The molecule has 2 atom stereocenters. The van der Waals surface area contributed by atoms with Crippen LogP contribution in [0.3, 0.4) is 0 Å². The summed E-state index contributed by atoms with van der Waals surface area (Å²) in [5, 5.41) is 3.85. The lowest BCUT2D eigenvalue weighted by Crippen LogP contribution is -2.63. The van der Waals surface area contributed by atoms with Gasteiger partial charge in [-0.2, -0.15) is 0 Å². The molecule has 0 aromatic rings. The number of nitrogens with one attached hydrogen (secondary N) is 1. The largest absolute Gasteiger partial charge is 0.378 e. The molecular weight excluding hydrogens is 212 g/mol. The van der Waals surface area contributed by atoms with Crippen LogP contribution in [0.4, 0.5) is 0 Å². The summed E-state index contributed by atoms with van der Waals surface area (Å²) in [7, 11) is 2.22. The molecule has 0 aromatic heterocycles. The molecule has 2 aliphatic rings. The van der Waals surface area contributed by atoms with Crippen LogP contribution in [0.15, 0.2) is 0 Å². The lowest BCUT2D eigenvalue weighted by Gasteiger charge is -2.53. The van der Waals surface area contributed by atoms with Gasteiger partial charge in [0.25, 0.3) is 0 Å². The maximum atomic E-state index is 5.78. The van der Waals surface area contributed by atoms with E-state index in [1.807, 2.05) is 0 Å². The molecule has 100 valence electrons. The molecule has 1 N–H and O–H groups in total. The number of ether oxygens (including phenoxy) is 1. The lowest BCUT2D eigenvalue weighted by atomic mass is 9.64. The van der Waals surface area contributed by atoms with Crippen LogP contribution < -0.4 is 5.32 Å². The summed E-state index contributed by atoms with van der Waals surface area (Å²) >= 11 is 0. The molecule has 1 heterocycles. The van der Waals surface area contributed by atoms with Crippen LogP contribution in [0.2, 0.25) is 0 Å². The van der Waals surface area contributed by atoms with Crippen molar-refractivity contribution in [3.05, 3.63) is 0 Å². The van der Waals surface area contributed by atoms with Crippen LogP contribution in [0.25, 0.3) is 0 Å². The van der Waals surface area contributed by atoms with Crippen LogP contribution >= 0.6 is 0 Å². The van der Waals surface area contributed by atoms with E-state index in [4.69, 9.17) is 4.74 Å². The van der Waals surface area contributed by atoms with Gasteiger partial charge in [0.05, 0.1) is 6.10 Å². The molecular formula is C14H28N2O. The Labute approximate surface area is 106 Å². The Balaban J connectivity index is 1.77. The lowest BCUT2D eigenvalue weighted by molar-refractivity contribution is -0.117. The molecule has 17 heavy (non-hydrogen) atoms. The van der Waals surface area contributed by atoms with Crippen molar-refractivity contribution >= 4 is 0 Å². The Morgan fingerprint density at radius 1 is 1.29 bits per heavy atom. The fourth-order valence-corrected chi connectivity index (χ4v) is 3.11. The second-order valence-electron chi connectivity index (χ2n) is 6.30. The van der Waals surface area contributed by atoms with E-state index >= 15 is 0 Å². The van der Waals surface area contributed by atoms with Gasteiger partial charge in [0.2, 0.25) is 0 Å². The van der Waals surface area contributed by atoms with Crippen LogP contribution in [-0.2, 0) is 4.74 Å². The Morgan fingerprint density at radius 2 is 1.94 bits per heavy atom. The van der Waals surface area contributed by atoms with Crippen LogP contribution in [0.1, 0.15) is 40.0 Å². The number of piperidine rings is 1. The minimum atomic E-state index is 0.305. The van der Waals surface area contributed by atoms with Crippen molar-refractivity contribution in [3.63, 3.8) is 0 Å². The Hall–Kier alpha value is -0.120. The van der Waals surface area contributed by atoms with Gasteiger partial charge in [0, 0.05) is 24.1 Å². The zero-order chi connectivity index (χ0) is 12.5. The van der Waals surface area contributed by atoms with Gasteiger partial charge in [-0.05, 0) is 46.3 Å². The topological polar surface area (TPSA) is 24.5 Å². The highest BCUT2D eigenvalue weighted by molar-refractivity contribution is 5.04. The number of rotatable bonds is 4.